The minimum Gasteiger partial charge on any atom is -0.444 e. The number of ether oxygens (including phenoxy) is 1. The highest BCUT2D eigenvalue weighted by Gasteiger charge is 2.36. The first-order chi connectivity index (χ1) is 10.3. The van der Waals surface area contributed by atoms with Gasteiger partial charge < -0.3 is 15.4 Å². The molecule has 1 aromatic carbocycles. The third kappa shape index (κ3) is 3.06. The van der Waals surface area contributed by atoms with Crippen molar-refractivity contribution >= 4 is 11.8 Å². The fourth-order valence-electron chi connectivity index (χ4n) is 3.66. The fourth-order valence-corrected chi connectivity index (χ4v) is 3.66. The number of benzene rings is 1. The Morgan fingerprint density at radius 1 is 1.27 bits per heavy atom. The van der Waals surface area contributed by atoms with Crippen LogP contribution < -0.4 is 5.73 Å². The number of carbonyl (C=O) groups is 1. The monoisotopic (exact) mass is 302 g/mol. The molecule has 1 fully saturated rings. The van der Waals surface area contributed by atoms with Gasteiger partial charge in [-0.15, -0.1) is 0 Å². The van der Waals surface area contributed by atoms with Gasteiger partial charge in [-0.1, -0.05) is 12.1 Å². The van der Waals surface area contributed by atoms with Crippen LogP contribution in [0.2, 0.25) is 0 Å². The van der Waals surface area contributed by atoms with Gasteiger partial charge in [0, 0.05) is 18.3 Å². The molecule has 2 bridgehead atoms. The predicted octanol–water partition coefficient (Wildman–Crippen LogP) is 3.38. The summed E-state index contributed by atoms with van der Waals surface area (Å²) in [5.74, 6) is 0.479. The molecule has 4 nitrogen and oxygen atoms in total. The molecule has 1 saturated heterocycles. The average molecular weight is 302 g/mol. The summed E-state index contributed by atoms with van der Waals surface area (Å²) in [6.45, 7) is 6.54. The Labute approximate surface area is 132 Å². The van der Waals surface area contributed by atoms with E-state index in [2.05, 4.69) is 6.07 Å². The number of nitrogen functional groups attached to an aromatic ring is 1. The van der Waals surface area contributed by atoms with Crippen LogP contribution in [-0.2, 0) is 17.6 Å². The van der Waals surface area contributed by atoms with E-state index in [1.807, 2.05) is 37.8 Å². The summed E-state index contributed by atoms with van der Waals surface area (Å²) in [6, 6.07) is 6.38. The zero-order chi connectivity index (χ0) is 15.9. The topological polar surface area (TPSA) is 55.6 Å². The van der Waals surface area contributed by atoms with E-state index in [4.69, 9.17) is 10.5 Å². The molecule has 2 N–H and O–H groups in total. The molecule has 22 heavy (non-hydrogen) atoms. The van der Waals surface area contributed by atoms with Crippen LogP contribution >= 0.6 is 0 Å². The Balaban J connectivity index is 1.86. The van der Waals surface area contributed by atoms with Crippen LogP contribution in [0.3, 0.4) is 0 Å². The standard InChI is InChI=1S/C18H26N2O2/c1-18(2,3)22-17(21)20-11-12-7-8-14(20)10-13-5-4-6-16(19)15(13)9-12/h4-6,12,14H,7-11,19H2,1-3H3. The molecular formula is C18H26N2O2. The zero-order valence-electron chi connectivity index (χ0n) is 13.8. The average Bonchev–Trinajstić information content (AvgIpc) is 2.37. The first kappa shape index (κ1) is 15.2. The van der Waals surface area contributed by atoms with Crippen molar-refractivity contribution in [3.63, 3.8) is 0 Å². The lowest BCUT2D eigenvalue weighted by Crippen LogP contribution is -2.51. The van der Waals surface area contributed by atoms with Gasteiger partial charge in [0.05, 0.1) is 0 Å². The zero-order valence-corrected chi connectivity index (χ0v) is 13.8. The first-order valence-corrected chi connectivity index (χ1v) is 8.19. The normalized spacial score (nSPS) is 24.4. The second-order valence-electron chi connectivity index (χ2n) is 7.62. The SMILES string of the molecule is CC(C)(C)OC(=O)N1CC2CCC1Cc1cccc(N)c1C2. The van der Waals surface area contributed by atoms with Gasteiger partial charge in [0.15, 0.2) is 0 Å². The summed E-state index contributed by atoms with van der Waals surface area (Å²) >= 11 is 0. The molecule has 1 amide bonds. The molecule has 120 valence electrons. The van der Waals surface area contributed by atoms with Gasteiger partial charge in [-0.05, 0) is 69.6 Å². The number of nitrogens with zero attached hydrogens (tertiary/aromatic N) is 1. The van der Waals surface area contributed by atoms with E-state index in [1.165, 1.54) is 11.1 Å². The highest BCUT2D eigenvalue weighted by Crippen LogP contribution is 2.35. The Kier molecular flexibility index (Phi) is 3.79. The van der Waals surface area contributed by atoms with E-state index in [-0.39, 0.29) is 12.1 Å². The first-order valence-electron chi connectivity index (χ1n) is 8.19. The van der Waals surface area contributed by atoms with Gasteiger partial charge in [-0.2, -0.15) is 0 Å². The fraction of sp³-hybridized carbons (Fsp3) is 0.611. The van der Waals surface area contributed by atoms with Crippen LogP contribution in [-0.4, -0.2) is 29.2 Å². The number of hydrogen-bond acceptors (Lipinski definition) is 3. The molecule has 2 heterocycles. The van der Waals surface area contributed by atoms with Crippen molar-refractivity contribution in [2.24, 2.45) is 5.92 Å². The lowest BCUT2D eigenvalue weighted by Gasteiger charge is -2.42. The summed E-state index contributed by atoms with van der Waals surface area (Å²) in [4.78, 5) is 14.5. The maximum Gasteiger partial charge on any atom is 0.410 e. The third-order valence-corrected chi connectivity index (χ3v) is 4.69. The van der Waals surface area contributed by atoms with Gasteiger partial charge in [0.2, 0.25) is 0 Å². The maximum absolute atomic E-state index is 12.5. The van der Waals surface area contributed by atoms with E-state index in [9.17, 15) is 4.79 Å². The molecule has 2 atom stereocenters. The molecule has 4 rings (SSSR count). The van der Waals surface area contributed by atoms with E-state index < -0.39 is 5.60 Å². The van der Waals surface area contributed by atoms with Crippen LogP contribution in [0, 0.1) is 5.92 Å². The molecule has 3 aliphatic rings. The number of fused-ring (bicyclic) bond motifs is 2. The second kappa shape index (κ2) is 5.49. The summed E-state index contributed by atoms with van der Waals surface area (Å²) in [5, 5.41) is 0. The van der Waals surface area contributed by atoms with Gasteiger partial charge in [-0.3, -0.25) is 0 Å². The molecule has 0 aromatic heterocycles. The summed E-state index contributed by atoms with van der Waals surface area (Å²) in [6.07, 6.45) is 3.89. The number of hydrogen-bond donors (Lipinski definition) is 1. The Morgan fingerprint density at radius 2 is 2.05 bits per heavy atom. The molecule has 4 heteroatoms. The number of nitrogens with two attached hydrogens (primary N) is 1. The van der Waals surface area contributed by atoms with E-state index >= 15 is 0 Å². The number of piperidine rings is 1. The second-order valence-corrected chi connectivity index (χ2v) is 7.62. The van der Waals surface area contributed by atoms with E-state index in [1.54, 1.807) is 0 Å². The lowest BCUT2D eigenvalue weighted by atomic mass is 9.80. The summed E-state index contributed by atoms with van der Waals surface area (Å²) in [5.41, 5.74) is 9.21. The molecule has 0 spiro atoms. The minimum absolute atomic E-state index is 0.172. The molecule has 2 unspecified atom stereocenters. The van der Waals surface area contributed by atoms with Crippen LogP contribution in [0.1, 0.15) is 44.7 Å². The van der Waals surface area contributed by atoms with Crippen molar-refractivity contribution in [2.75, 3.05) is 12.3 Å². The summed E-state index contributed by atoms with van der Waals surface area (Å²) < 4.78 is 5.60. The lowest BCUT2D eigenvalue weighted by molar-refractivity contribution is 0.00197. The van der Waals surface area contributed by atoms with Crippen molar-refractivity contribution in [3.8, 4) is 0 Å². The predicted molar refractivity (Wildman–Crippen MR) is 87.7 cm³/mol. The highest BCUT2D eigenvalue weighted by atomic mass is 16.6. The van der Waals surface area contributed by atoms with Gasteiger partial charge in [0.25, 0.3) is 0 Å². The van der Waals surface area contributed by atoms with Crippen LogP contribution in [0.25, 0.3) is 0 Å². The molecule has 1 aromatic rings. The van der Waals surface area contributed by atoms with Crippen LogP contribution in [0.4, 0.5) is 10.5 Å². The quantitative estimate of drug-likeness (QED) is 0.747. The smallest absolute Gasteiger partial charge is 0.410 e. The highest BCUT2D eigenvalue weighted by molar-refractivity contribution is 5.69. The Bertz CT molecular complexity index is 577. The molecule has 0 saturated carbocycles. The number of amides is 1. The van der Waals surface area contributed by atoms with Crippen molar-refractivity contribution in [1.82, 2.24) is 4.90 Å². The van der Waals surface area contributed by atoms with Crippen molar-refractivity contribution in [1.29, 1.82) is 0 Å². The van der Waals surface area contributed by atoms with E-state index in [0.717, 1.165) is 37.9 Å². The van der Waals surface area contributed by atoms with Gasteiger partial charge in [0.1, 0.15) is 5.60 Å². The molecule has 2 aliphatic heterocycles. The summed E-state index contributed by atoms with van der Waals surface area (Å²) in [7, 11) is 0. The molecular weight excluding hydrogens is 276 g/mol. The molecule has 1 aliphatic carbocycles. The largest absolute Gasteiger partial charge is 0.444 e. The van der Waals surface area contributed by atoms with Gasteiger partial charge >= 0.3 is 6.09 Å². The number of rotatable bonds is 0. The van der Waals surface area contributed by atoms with Crippen LogP contribution in [0.5, 0.6) is 0 Å². The van der Waals surface area contributed by atoms with Gasteiger partial charge in [-0.25, -0.2) is 4.79 Å². The Morgan fingerprint density at radius 3 is 2.77 bits per heavy atom. The van der Waals surface area contributed by atoms with E-state index in [0.29, 0.717) is 5.92 Å². The maximum atomic E-state index is 12.5. The van der Waals surface area contributed by atoms with Crippen molar-refractivity contribution in [3.05, 3.63) is 29.3 Å². The molecule has 0 radical (unpaired) electrons. The third-order valence-electron chi connectivity index (χ3n) is 4.69. The van der Waals surface area contributed by atoms with Crippen molar-refractivity contribution < 1.29 is 9.53 Å². The number of carbonyl (C=O) groups excluding carboxylic acids is 1. The minimum atomic E-state index is -0.443. The number of anilines is 1. The van der Waals surface area contributed by atoms with Crippen molar-refractivity contribution in [2.45, 2.75) is 58.1 Å². The van der Waals surface area contributed by atoms with Crippen LogP contribution in [0.15, 0.2) is 18.2 Å². The Hall–Kier alpha value is -1.71.